The molecular formula is C71H73N3. The van der Waals surface area contributed by atoms with Gasteiger partial charge in [0.15, 0.2) is 0 Å². The van der Waals surface area contributed by atoms with Gasteiger partial charge in [-0.1, -0.05) is 193 Å². The zero-order chi connectivity index (χ0) is 52.6. The van der Waals surface area contributed by atoms with Gasteiger partial charge in [-0.05, 0) is 167 Å². The third kappa shape index (κ3) is 11.8. The Morgan fingerprint density at radius 3 is 1.78 bits per heavy atom. The number of fused-ring (bicyclic) bond motifs is 6. The Morgan fingerprint density at radius 1 is 0.541 bits per heavy atom. The lowest BCUT2D eigenvalue weighted by Gasteiger charge is -2.18. The second-order valence-corrected chi connectivity index (χ2v) is 18.1. The summed E-state index contributed by atoms with van der Waals surface area (Å²) in [5, 5.41) is 6.20. The second-order valence-electron chi connectivity index (χ2n) is 18.1. The van der Waals surface area contributed by atoms with Crippen LogP contribution in [0.5, 0.6) is 0 Å². The van der Waals surface area contributed by atoms with E-state index >= 15 is 0 Å². The van der Waals surface area contributed by atoms with Gasteiger partial charge in [-0.25, -0.2) is 0 Å². The number of nitrogens with one attached hydrogen (secondary N) is 1. The fourth-order valence-corrected chi connectivity index (χ4v) is 9.93. The maximum Gasteiger partial charge on any atom is 0.0653 e. The van der Waals surface area contributed by atoms with Gasteiger partial charge >= 0.3 is 0 Å². The Balaban J connectivity index is 0.00000129. The van der Waals surface area contributed by atoms with Crippen LogP contribution in [0.2, 0.25) is 0 Å². The van der Waals surface area contributed by atoms with Crippen LogP contribution in [0.3, 0.4) is 0 Å². The first-order chi connectivity index (χ1) is 36.3. The van der Waals surface area contributed by atoms with E-state index in [1.54, 1.807) is 0 Å². The van der Waals surface area contributed by atoms with Crippen LogP contribution in [0.4, 0.5) is 5.69 Å². The Bertz CT molecular complexity index is 3500. The molecule has 0 bridgehead atoms. The smallest absolute Gasteiger partial charge is 0.0653 e. The molecule has 0 spiro atoms. The first kappa shape index (κ1) is 53.5. The van der Waals surface area contributed by atoms with Gasteiger partial charge in [0.2, 0.25) is 0 Å². The van der Waals surface area contributed by atoms with Crippen LogP contribution in [0, 0.1) is 20.8 Å². The molecule has 372 valence electrons. The Kier molecular flexibility index (Phi) is 18.7. The van der Waals surface area contributed by atoms with Crippen LogP contribution in [0.25, 0.3) is 72.5 Å². The van der Waals surface area contributed by atoms with Crippen LogP contribution >= 0.6 is 0 Å². The van der Waals surface area contributed by atoms with E-state index in [2.05, 4.69) is 270 Å². The number of para-hydroxylation sites is 2. The van der Waals surface area contributed by atoms with Gasteiger partial charge in [0.05, 0.1) is 23.3 Å². The molecule has 3 nitrogen and oxygen atoms in total. The van der Waals surface area contributed by atoms with Gasteiger partial charge in [0.1, 0.15) is 0 Å². The molecule has 10 rings (SSSR count). The zero-order valence-corrected chi connectivity index (χ0v) is 45.1. The summed E-state index contributed by atoms with van der Waals surface area (Å²) in [5.41, 5.74) is 23.5. The molecule has 0 radical (unpaired) electrons. The highest BCUT2D eigenvalue weighted by molar-refractivity contribution is 6.14. The highest BCUT2D eigenvalue weighted by Gasteiger charge is 2.20. The lowest BCUT2D eigenvalue weighted by molar-refractivity contribution is 0.924. The molecule has 0 amide bonds. The quantitative estimate of drug-likeness (QED) is 0.107. The van der Waals surface area contributed by atoms with Crippen LogP contribution < -0.4 is 5.32 Å². The average molecular weight is 968 g/mol. The van der Waals surface area contributed by atoms with Gasteiger partial charge < -0.3 is 9.88 Å². The van der Waals surface area contributed by atoms with Crippen molar-refractivity contribution in [2.75, 3.05) is 11.9 Å². The molecule has 74 heavy (non-hydrogen) atoms. The Labute approximate surface area is 442 Å². The van der Waals surface area contributed by atoms with Crippen molar-refractivity contribution in [3.63, 3.8) is 0 Å². The Hall–Kier alpha value is -8.27. The lowest BCUT2D eigenvalue weighted by Crippen LogP contribution is -2.02. The van der Waals surface area contributed by atoms with Crippen molar-refractivity contribution in [1.29, 1.82) is 0 Å². The fraction of sp³-hybridized carbons (Fsp3) is 0.169. The molecule has 0 aliphatic carbocycles. The number of aromatic nitrogens is 1. The molecule has 0 atom stereocenters. The molecule has 2 heterocycles. The standard InChI is InChI=1S/C65H57N3.2C2H6.C2H4/c1-6-21-51-40-65-61(42-59(51)55-29-16-14-23-45(55)3)57-31-18-20-33-64(57)68(65)53-38-48(43-67-63(50-26-11-8-12-27-50)37-46(4)49-24-9-7-10-25-49)34-35-66-62-32-19-17-30-56(62)60-41-58(47(5)36-52(60)39-53)54-28-15-13-22-44(54)2;3*1-2/h7-20,22-42,66H,6,21,43H2,1-5H3;2*1-2H3;1-2H2/b35-34+,46-37+,48-38+,53-39+,67-63?;;;. The molecule has 1 aromatic heterocycles. The van der Waals surface area contributed by atoms with Crippen molar-refractivity contribution in [3.8, 4) is 33.4 Å². The van der Waals surface area contributed by atoms with E-state index in [1.165, 1.54) is 71.9 Å². The number of aryl methyl sites for hydroxylation is 4. The summed E-state index contributed by atoms with van der Waals surface area (Å²) in [4.78, 5) is 5.48. The van der Waals surface area contributed by atoms with E-state index in [0.717, 1.165) is 63.3 Å². The van der Waals surface area contributed by atoms with Crippen LogP contribution in [-0.4, -0.2) is 16.8 Å². The molecule has 8 aromatic carbocycles. The normalized spacial score (nSPS) is 14.1. The predicted octanol–water partition coefficient (Wildman–Crippen LogP) is 20.0. The van der Waals surface area contributed by atoms with Crippen molar-refractivity contribution >= 4 is 50.6 Å². The number of aliphatic imine (C=N–C) groups is 1. The highest BCUT2D eigenvalue weighted by Crippen LogP contribution is 2.42. The molecule has 0 unspecified atom stereocenters. The largest absolute Gasteiger partial charge is 0.361 e. The average Bonchev–Trinajstić information content (AvgIpc) is 3.76. The summed E-state index contributed by atoms with van der Waals surface area (Å²) in [6.07, 6.45) is 13.3. The monoisotopic (exact) mass is 968 g/mol. The summed E-state index contributed by atoms with van der Waals surface area (Å²) < 4.78 is 2.51. The lowest BCUT2D eigenvalue weighted by atomic mass is 9.88. The van der Waals surface area contributed by atoms with Gasteiger partial charge in [0.25, 0.3) is 0 Å². The number of rotatable bonds is 10. The van der Waals surface area contributed by atoms with Gasteiger partial charge in [-0.3, -0.25) is 4.99 Å². The van der Waals surface area contributed by atoms with Crippen molar-refractivity contribution in [1.82, 2.24) is 4.57 Å². The third-order valence-corrected chi connectivity index (χ3v) is 13.4. The first-order valence-corrected chi connectivity index (χ1v) is 26.5. The topological polar surface area (TPSA) is 29.3 Å². The summed E-state index contributed by atoms with van der Waals surface area (Å²) in [6, 6.07) is 66.0. The molecule has 0 saturated carbocycles. The third-order valence-electron chi connectivity index (χ3n) is 13.4. The summed E-state index contributed by atoms with van der Waals surface area (Å²) in [6.45, 7) is 25.6. The molecule has 1 N–H and O–H groups in total. The van der Waals surface area contributed by atoms with E-state index in [9.17, 15) is 0 Å². The van der Waals surface area contributed by atoms with Crippen molar-refractivity contribution < 1.29 is 0 Å². The minimum atomic E-state index is 0.452. The van der Waals surface area contributed by atoms with E-state index in [4.69, 9.17) is 4.99 Å². The van der Waals surface area contributed by atoms with Crippen LogP contribution in [0.15, 0.2) is 230 Å². The molecule has 1 aliphatic rings. The Morgan fingerprint density at radius 2 is 1.12 bits per heavy atom. The molecule has 0 saturated heterocycles. The summed E-state index contributed by atoms with van der Waals surface area (Å²) in [5.74, 6) is 0. The second kappa shape index (κ2) is 25.9. The number of anilines is 1. The fourth-order valence-electron chi connectivity index (χ4n) is 9.93. The molecule has 9 aromatic rings. The molecule has 0 fully saturated rings. The van der Waals surface area contributed by atoms with Gasteiger partial charge in [-0.2, -0.15) is 0 Å². The molecule has 3 heteroatoms. The SMILES string of the molecule is C=C.CC.CC.CCCc1cc2c(cc1-c1ccccc1C)c1ccccc1n2C1=C/c2cc(C)c(-c3ccccc3C)cc2-c2ccccc2N/C=C/C(CN=C(/C=C(\C)c2ccccc2)c2ccccc2)=C\1. The van der Waals surface area contributed by atoms with E-state index in [0.29, 0.717) is 6.54 Å². The van der Waals surface area contributed by atoms with Crippen LogP contribution in [0.1, 0.15) is 86.9 Å². The van der Waals surface area contributed by atoms with E-state index < -0.39 is 0 Å². The maximum atomic E-state index is 5.48. The van der Waals surface area contributed by atoms with Gasteiger partial charge in [0, 0.05) is 33.9 Å². The van der Waals surface area contributed by atoms with Crippen molar-refractivity contribution in [2.45, 2.75) is 75.2 Å². The zero-order valence-electron chi connectivity index (χ0n) is 45.1. The van der Waals surface area contributed by atoms with E-state index in [1.807, 2.05) is 27.7 Å². The first-order valence-electron chi connectivity index (χ1n) is 26.5. The number of benzene rings is 8. The van der Waals surface area contributed by atoms with Crippen LogP contribution in [-0.2, 0) is 6.42 Å². The van der Waals surface area contributed by atoms with Crippen molar-refractivity contribution in [3.05, 3.63) is 264 Å². The number of hydrogen-bond donors (Lipinski definition) is 1. The van der Waals surface area contributed by atoms with Gasteiger partial charge in [-0.15, -0.1) is 13.2 Å². The molecule has 1 aliphatic heterocycles. The number of allylic oxidation sites excluding steroid dienone is 4. The number of nitrogens with zero attached hydrogens (tertiary/aromatic N) is 2. The van der Waals surface area contributed by atoms with Crippen molar-refractivity contribution in [2.24, 2.45) is 4.99 Å². The minimum absolute atomic E-state index is 0.452. The number of hydrogen-bond acceptors (Lipinski definition) is 2. The predicted molar refractivity (Wildman–Crippen MR) is 327 cm³/mol. The maximum absolute atomic E-state index is 5.48. The molecular weight excluding hydrogens is 895 g/mol. The van der Waals surface area contributed by atoms with E-state index in [-0.39, 0.29) is 0 Å². The summed E-state index contributed by atoms with van der Waals surface area (Å²) in [7, 11) is 0. The summed E-state index contributed by atoms with van der Waals surface area (Å²) >= 11 is 0. The minimum Gasteiger partial charge on any atom is -0.361 e. The highest BCUT2D eigenvalue weighted by atomic mass is 15.0.